The number of hydrogen-bond acceptors (Lipinski definition) is 7. The van der Waals surface area contributed by atoms with Gasteiger partial charge in [-0.05, 0) is 12.3 Å². The maximum Gasteiger partial charge on any atom is 0.243 e. The zero-order valence-corrected chi connectivity index (χ0v) is 13.0. The zero-order valence-electron chi connectivity index (χ0n) is 13.0. The van der Waals surface area contributed by atoms with Crippen molar-refractivity contribution in [3.63, 3.8) is 0 Å². The summed E-state index contributed by atoms with van der Waals surface area (Å²) in [4.78, 5) is 14.6. The van der Waals surface area contributed by atoms with Crippen molar-refractivity contribution < 1.29 is 0 Å². The monoisotopic (exact) mass is 281 g/mol. The van der Waals surface area contributed by atoms with Crippen LogP contribution in [-0.2, 0) is 0 Å². The van der Waals surface area contributed by atoms with Gasteiger partial charge in [-0.15, -0.1) is 0 Å². The summed E-state index contributed by atoms with van der Waals surface area (Å²) in [6.07, 6.45) is 4.87. The molecular weight excluding hydrogens is 254 g/mol. The Balaban J connectivity index is 2.68. The fourth-order valence-corrected chi connectivity index (χ4v) is 1.89. The highest BCUT2D eigenvalue weighted by Crippen LogP contribution is 2.15. The lowest BCUT2D eigenvalue weighted by molar-refractivity contribution is 0.471. The molecule has 1 atom stereocenters. The first-order valence-electron chi connectivity index (χ1n) is 7.24. The van der Waals surface area contributed by atoms with Crippen molar-refractivity contribution in [3.05, 3.63) is 0 Å². The van der Waals surface area contributed by atoms with Crippen molar-refractivity contribution in [1.29, 1.82) is 0 Å². The third-order valence-electron chi connectivity index (χ3n) is 3.24. The molecule has 0 aliphatic carbocycles. The highest BCUT2D eigenvalue weighted by molar-refractivity contribution is 5.42. The lowest BCUT2D eigenvalue weighted by Gasteiger charge is -2.17. The molecule has 1 rings (SSSR count). The fourth-order valence-electron chi connectivity index (χ4n) is 1.89. The zero-order chi connectivity index (χ0) is 15.0. The van der Waals surface area contributed by atoms with Gasteiger partial charge in [-0.3, -0.25) is 5.43 Å². The first-order valence-corrected chi connectivity index (χ1v) is 7.24. The molecule has 0 aromatic carbocycles. The molecule has 20 heavy (non-hydrogen) atoms. The predicted molar refractivity (Wildman–Crippen MR) is 83.8 cm³/mol. The van der Waals surface area contributed by atoms with E-state index in [9.17, 15) is 0 Å². The van der Waals surface area contributed by atoms with E-state index in [1.165, 1.54) is 19.3 Å². The number of anilines is 3. The Kier molecular flexibility index (Phi) is 7.00. The number of nitrogens with two attached hydrogens (primary N) is 1. The van der Waals surface area contributed by atoms with Gasteiger partial charge in [-0.2, -0.15) is 15.0 Å². The number of nitrogens with zero attached hydrogens (tertiary/aromatic N) is 4. The second-order valence-corrected chi connectivity index (χ2v) is 5.12. The van der Waals surface area contributed by atoms with Gasteiger partial charge >= 0.3 is 0 Å². The van der Waals surface area contributed by atoms with Crippen molar-refractivity contribution in [2.75, 3.05) is 36.3 Å². The second kappa shape index (κ2) is 8.52. The summed E-state index contributed by atoms with van der Waals surface area (Å²) in [5, 5.41) is 3.29. The predicted octanol–water partition coefficient (Wildman–Crippen LogP) is 1.85. The van der Waals surface area contributed by atoms with E-state index >= 15 is 0 Å². The normalized spacial score (nSPS) is 12.1. The lowest BCUT2D eigenvalue weighted by Crippen LogP contribution is -2.21. The number of hydrogen-bond donors (Lipinski definition) is 3. The van der Waals surface area contributed by atoms with Crippen molar-refractivity contribution in [2.24, 2.45) is 11.8 Å². The SMILES string of the molecule is CCCCC(CC)CNc1nc(NN)nc(N(C)C)n1. The highest BCUT2D eigenvalue weighted by Gasteiger charge is 2.10. The van der Waals surface area contributed by atoms with Crippen LogP contribution in [-0.4, -0.2) is 35.6 Å². The van der Waals surface area contributed by atoms with E-state index < -0.39 is 0 Å². The van der Waals surface area contributed by atoms with Gasteiger partial charge in [-0.1, -0.05) is 33.1 Å². The van der Waals surface area contributed by atoms with Crippen LogP contribution >= 0.6 is 0 Å². The van der Waals surface area contributed by atoms with Gasteiger partial charge in [0.2, 0.25) is 17.8 Å². The Morgan fingerprint density at radius 1 is 1.15 bits per heavy atom. The van der Waals surface area contributed by atoms with E-state index in [0.29, 0.717) is 23.8 Å². The minimum atomic E-state index is 0.368. The Labute approximate surface area is 121 Å². The molecule has 1 aromatic rings. The number of rotatable bonds is 9. The van der Waals surface area contributed by atoms with E-state index in [1.54, 1.807) is 0 Å². The highest BCUT2D eigenvalue weighted by atomic mass is 15.4. The Morgan fingerprint density at radius 3 is 2.40 bits per heavy atom. The molecule has 7 heteroatoms. The number of hydrazine groups is 1. The molecule has 7 nitrogen and oxygen atoms in total. The summed E-state index contributed by atoms with van der Waals surface area (Å²) in [6.45, 7) is 5.31. The molecule has 114 valence electrons. The molecule has 4 N–H and O–H groups in total. The summed E-state index contributed by atoms with van der Waals surface area (Å²) >= 11 is 0. The van der Waals surface area contributed by atoms with Gasteiger partial charge in [-0.25, -0.2) is 5.84 Å². The van der Waals surface area contributed by atoms with Crippen molar-refractivity contribution in [1.82, 2.24) is 15.0 Å². The van der Waals surface area contributed by atoms with Crippen LogP contribution in [0, 0.1) is 5.92 Å². The van der Waals surface area contributed by atoms with E-state index in [0.717, 1.165) is 13.0 Å². The molecule has 0 spiro atoms. The van der Waals surface area contributed by atoms with Crippen LogP contribution in [0.4, 0.5) is 17.8 Å². The Morgan fingerprint density at radius 2 is 1.85 bits per heavy atom. The van der Waals surface area contributed by atoms with Gasteiger partial charge in [0.15, 0.2) is 0 Å². The number of nitrogen functional groups attached to an aromatic ring is 1. The summed E-state index contributed by atoms with van der Waals surface area (Å²) in [5.41, 5.74) is 2.47. The molecule has 0 aliphatic heterocycles. The third-order valence-corrected chi connectivity index (χ3v) is 3.24. The summed E-state index contributed by atoms with van der Waals surface area (Å²) in [7, 11) is 3.77. The van der Waals surface area contributed by atoms with Crippen LogP contribution in [0.2, 0.25) is 0 Å². The van der Waals surface area contributed by atoms with Crippen LogP contribution < -0.4 is 21.5 Å². The summed E-state index contributed by atoms with van der Waals surface area (Å²) < 4.78 is 0. The van der Waals surface area contributed by atoms with Gasteiger partial charge in [0.1, 0.15) is 0 Å². The first-order chi connectivity index (χ1) is 9.60. The maximum absolute atomic E-state index is 5.39. The Hall–Kier alpha value is -1.63. The van der Waals surface area contributed by atoms with Crippen LogP contribution in [0.1, 0.15) is 39.5 Å². The molecule has 0 radical (unpaired) electrons. The minimum absolute atomic E-state index is 0.368. The number of aromatic nitrogens is 3. The van der Waals surface area contributed by atoms with Crippen LogP contribution in [0.15, 0.2) is 0 Å². The minimum Gasteiger partial charge on any atom is -0.354 e. The largest absolute Gasteiger partial charge is 0.354 e. The average Bonchev–Trinajstić information content (AvgIpc) is 2.47. The molecule has 1 unspecified atom stereocenters. The molecule has 0 aliphatic rings. The maximum atomic E-state index is 5.39. The lowest BCUT2D eigenvalue weighted by atomic mass is 9.99. The molecule has 0 saturated carbocycles. The van der Waals surface area contributed by atoms with Crippen molar-refractivity contribution >= 4 is 17.8 Å². The quantitative estimate of drug-likeness (QED) is 0.470. The van der Waals surface area contributed by atoms with Crippen LogP contribution in [0.5, 0.6) is 0 Å². The molecule has 1 aromatic heterocycles. The van der Waals surface area contributed by atoms with Gasteiger partial charge in [0.05, 0.1) is 0 Å². The smallest absolute Gasteiger partial charge is 0.243 e. The third kappa shape index (κ3) is 5.16. The van der Waals surface area contributed by atoms with Crippen LogP contribution in [0.3, 0.4) is 0 Å². The average molecular weight is 281 g/mol. The van der Waals surface area contributed by atoms with Gasteiger partial charge in [0.25, 0.3) is 0 Å². The molecule has 0 saturated heterocycles. The molecule has 0 amide bonds. The second-order valence-electron chi connectivity index (χ2n) is 5.12. The molecule has 1 heterocycles. The molecular formula is C13H27N7. The molecule has 0 fully saturated rings. The van der Waals surface area contributed by atoms with E-state index in [1.807, 2.05) is 19.0 Å². The van der Waals surface area contributed by atoms with Gasteiger partial charge < -0.3 is 10.2 Å². The standard InChI is InChI=1S/C13H27N7/c1-5-7-8-10(6-2)9-15-11-16-12(19-14)18-13(17-11)20(3)4/h10H,5-9,14H2,1-4H3,(H2,15,16,17,18,19). The first kappa shape index (κ1) is 16.4. The van der Waals surface area contributed by atoms with Crippen molar-refractivity contribution in [3.8, 4) is 0 Å². The van der Waals surface area contributed by atoms with E-state index in [4.69, 9.17) is 5.84 Å². The number of nitrogens with one attached hydrogen (secondary N) is 2. The topological polar surface area (TPSA) is 92.0 Å². The van der Waals surface area contributed by atoms with Crippen molar-refractivity contribution in [2.45, 2.75) is 39.5 Å². The number of unbranched alkanes of at least 4 members (excludes halogenated alkanes) is 1. The van der Waals surface area contributed by atoms with E-state index in [-0.39, 0.29) is 0 Å². The van der Waals surface area contributed by atoms with Gasteiger partial charge in [0, 0.05) is 20.6 Å². The van der Waals surface area contributed by atoms with Crippen LogP contribution in [0.25, 0.3) is 0 Å². The summed E-state index contributed by atoms with van der Waals surface area (Å²) in [5.74, 6) is 7.54. The Bertz CT molecular complexity index is 394. The summed E-state index contributed by atoms with van der Waals surface area (Å²) in [6, 6.07) is 0. The fraction of sp³-hybridized carbons (Fsp3) is 0.769. The molecule has 0 bridgehead atoms. The van der Waals surface area contributed by atoms with E-state index in [2.05, 4.69) is 39.5 Å².